The van der Waals surface area contributed by atoms with Crippen molar-refractivity contribution in [3.63, 3.8) is 0 Å². The number of likely N-dealkylation sites (tertiary alicyclic amines) is 1. The summed E-state index contributed by atoms with van der Waals surface area (Å²) in [7, 11) is 0. The average Bonchev–Trinajstić information content (AvgIpc) is 3.34. The maximum absolute atomic E-state index is 14.0. The summed E-state index contributed by atoms with van der Waals surface area (Å²) in [5.41, 5.74) is -1.79. The van der Waals surface area contributed by atoms with E-state index in [9.17, 15) is 19.5 Å². The highest BCUT2D eigenvalue weighted by Crippen LogP contribution is 2.63. The first-order valence-electron chi connectivity index (χ1n) is 12.9. The third-order valence-electron chi connectivity index (χ3n) is 8.56. The van der Waals surface area contributed by atoms with Crippen LogP contribution < -0.4 is 10.6 Å². The number of nitrogens with one attached hydrogen (secondary N) is 2. The Morgan fingerprint density at radius 1 is 1.18 bits per heavy atom. The monoisotopic (exact) mass is 463 g/mol. The predicted octanol–water partition coefficient (Wildman–Crippen LogP) is 1.74. The number of ether oxygens (including phenoxy) is 1. The number of carbonyl (C=O) groups is 3. The fraction of sp³-hybridized carbons (Fsp3) is 0.880. The lowest BCUT2D eigenvalue weighted by atomic mass is 9.66. The molecule has 0 aromatic heterocycles. The van der Waals surface area contributed by atoms with E-state index in [4.69, 9.17) is 4.74 Å². The largest absolute Gasteiger partial charge is 0.394 e. The number of fused-ring (bicyclic) bond motifs is 1. The van der Waals surface area contributed by atoms with Gasteiger partial charge in [0.05, 0.1) is 30.1 Å². The molecule has 3 N–H and O–H groups in total. The minimum atomic E-state index is -1.03. The molecule has 8 heteroatoms. The van der Waals surface area contributed by atoms with Crippen LogP contribution in [0.2, 0.25) is 0 Å². The van der Waals surface area contributed by atoms with E-state index >= 15 is 0 Å². The number of carbonyl (C=O) groups excluding carboxylic acids is 3. The van der Waals surface area contributed by atoms with Crippen molar-refractivity contribution in [3.05, 3.63) is 0 Å². The molecule has 33 heavy (non-hydrogen) atoms. The Morgan fingerprint density at radius 3 is 2.48 bits per heavy atom. The third kappa shape index (κ3) is 3.87. The number of amides is 3. The lowest BCUT2D eigenvalue weighted by Gasteiger charge is -2.39. The van der Waals surface area contributed by atoms with Crippen molar-refractivity contribution < 1.29 is 24.2 Å². The highest BCUT2D eigenvalue weighted by molar-refractivity contribution is 5.99. The fourth-order valence-electron chi connectivity index (χ4n) is 6.93. The molecule has 6 atom stereocenters. The fourth-order valence-corrected chi connectivity index (χ4v) is 6.93. The van der Waals surface area contributed by atoms with Gasteiger partial charge in [0.25, 0.3) is 0 Å². The Hall–Kier alpha value is -1.67. The minimum Gasteiger partial charge on any atom is -0.394 e. The topological polar surface area (TPSA) is 108 Å². The Morgan fingerprint density at radius 2 is 1.88 bits per heavy atom. The third-order valence-corrected chi connectivity index (χ3v) is 8.56. The number of aliphatic hydroxyl groups excluding tert-OH is 1. The standard InChI is InChI=1S/C25H41N3O5/c1-5-13-26-21(30)18-19-23(32)28(17(14-29)15(2)3)20(25(19)12-11-24(18,4)33-25)22(31)27-16-9-7-6-8-10-16/h15-20,29H,5-14H2,1-4H3,(H,26,30)(H,27,31)/t17-,18+,19-,20?,24-,25?/m0/s1. The lowest BCUT2D eigenvalue weighted by molar-refractivity contribution is -0.151. The summed E-state index contributed by atoms with van der Waals surface area (Å²) in [6.07, 6.45) is 7.24. The summed E-state index contributed by atoms with van der Waals surface area (Å²) in [6.45, 7) is 8.10. The normalized spacial score (nSPS) is 36.8. The van der Waals surface area contributed by atoms with E-state index < -0.39 is 35.1 Å². The first kappa shape index (κ1) is 24.5. The van der Waals surface area contributed by atoms with Gasteiger partial charge in [-0.3, -0.25) is 14.4 Å². The predicted molar refractivity (Wildman–Crippen MR) is 123 cm³/mol. The molecular weight excluding hydrogens is 422 g/mol. The van der Waals surface area contributed by atoms with Gasteiger partial charge in [-0.25, -0.2) is 0 Å². The second-order valence-electron chi connectivity index (χ2n) is 11.1. The van der Waals surface area contributed by atoms with Gasteiger partial charge in [-0.1, -0.05) is 40.0 Å². The van der Waals surface area contributed by atoms with Crippen LogP contribution in [0.3, 0.4) is 0 Å². The van der Waals surface area contributed by atoms with Crippen LogP contribution in [-0.2, 0) is 19.1 Å². The van der Waals surface area contributed by atoms with Crippen LogP contribution in [0.5, 0.6) is 0 Å². The molecule has 0 radical (unpaired) electrons. The van der Waals surface area contributed by atoms with Crippen LogP contribution >= 0.6 is 0 Å². The molecule has 0 aromatic carbocycles. The van der Waals surface area contributed by atoms with Crippen LogP contribution in [0, 0.1) is 17.8 Å². The van der Waals surface area contributed by atoms with Crippen molar-refractivity contribution >= 4 is 17.7 Å². The molecule has 4 aliphatic rings. The van der Waals surface area contributed by atoms with E-state index in [1.165, 1.54) is 6.42 Å². The van der Waals surface area contributed by atoms with E-state index in [0.717, 1.165) is 32.1 Å². The Labute approximate surface area is 197 Å². The first-order chi connectivity index (χ1) is 15.7. The number of hydrogen-bond acceptors (Lipinski definition) is 5. The maximum Gasteiger partial charge on any atom is 0.246 e. The molecule has 3 amide bonds. The first-order valence-corrected chi connectivity index (χ1v) is 12.9. The van der Waals surface area contributed by atoms with Gasteiger partial charge in [0, 0.05) is 12.6 Å². The molecule has 3 heterocycles. The molecule has 1 saturated carbocycles. The summed E-state index contributed by atoms with van der Waals surface area (Å²) < 4.78 is 6.62. The lowest BCUT2D eigenvalue weighted by Crippen LogP contribution is -2.60. The van der Waals surface area contributed by atoms with E-state index in [0.29, 0.717) is 19.4 Å². The van der Waals surface area contributed by atoms with Crippen molar-refractivity contribution in [2.45, 2.75) is 108 Å². The molecule has 186 valence electrons. The van der Waals surface area contributed by atoms with Crippen LogP contribution in [0.15, 0.2) is 0 Å². The highest BCUT2D eigenvalue weighted by atomic mass is 16.5. The van der Waals surface area contributed by atoms with Crippen LogP contribution in [0.4, 0.5) is 0 Å². The average molecular weight is 464 g/mol. The molecule has 2 unspecified atom stereocenters. The number of hydrogen-bond donors (Lipinski definition) is 3. The van der Waals surface area contributed by atoms with Gasteiger partial charge < -0.3 is 25.4 Å². The highest BCUT2D eigenvalue weighted by Gasteiger charge is 2.78. The summed E-state index contributed by atoms with van der Waals surface area (Å²) >= 11 is 0. The molecule has 3 aliphatic heterocycles. The Kier molecular flexibility index (Phi) is 6.80. The molecular formula is C25H41N3O5. The van der Waals surface area contributed by atoms with Crippen molar-refractivity contribution in [3.8, 4) is 0 Å². The van der Waals surface area contributed by atoms with Crippen LogP contribution in [-0.4, -0.2) is 70.2 Å². The van der Waals surface area contributed by atoms with E-state index in [2.05, 4.69) is 10.6 Å². The zero-order valence-corrected chi connectivity index (χ0v) is 20.6. The molecule has 4 fully saturated rings. The van der Waals surface area contributed by atoms with E-state index in [1.807, 2.05) is 27.7 Å². The SMILES string of the molecule is CCCNC(=O)[C@H]1[C@H]2C(=O)N([C@@H](CO)C(C)C)C(C(=O)NC3CCCCC3)C23CC[C@]1(C)O3. The number of rotatable bonds is 8. The summed E-state index contributed by atoms with van der Waals surface area (Å²) in [5.74, 6) is -1.98. The molecule has 4 rings (SSSR count). The summed E-state index contributed by atoms with van der Waals surface area (Å²) in [5, 5.41) is 16.4. The molecule has 2 bridgehead atoms. The van der Waals surface area contributed by atoms with E-state index in [1.54, 1.807) is 4.90 Å². The molecule has 0 aromatic rings. The Bertz CT molecular complexity index is 782. The molecule has 3 saturated heterocycles. The van der Waals surface area contributed by atoms with Crippen molar-refractivity contribution in [2.24, 2.45) is 17.8 Å². The van der Waals surface area contributed by atoms with Crippen LogP contribution in [0.25, 0.3) is 0 Å². The van der Waals surface area contributed by atoms with E-state index in [-0.39, 0.29) is 36.3 Å². The smallest absolute Gasteiger partial charge is 0.246 e. The van der Waals surface area contributed by atoms with Gasteiger partial charge >= 0.3 is 0 Å². The molecule has 1 aliphatic carbocycles. The van der Waals surface area contributed by atoms with Gasteiger partial charge in [-0.05, 0) is 44.9 Å². The summed E-state index contributed by atoms with van der Waals surface area (Å²) in [6, 6.07) is -1.24. The summed E-state index contributed by atoms with van der Waals surface area (Å²) in [4.78, 5) is 42.6. The van der Waals surface area contributed by atoms with Gasteiger partial charge in [-0.15, -0.1) is 0 Å². The van der Waals surface area contributed by atoms with Gasteiger partial charge in [-0.2, -0.15) is 0 Å². The van der Waals surface area contributed by atoms with Crippen molar-refractivity contribution in [2.75, 3.05) is 13.2 Å². The molecule has 8 nitrogen and oxygen atoms in total. The van der Waals surface area contributed by atoms with Crippen molar-refractivity contribution in [1.82, 2.24) is 15.5 Å². The second-order valence-corrected chi connectivity index (χ2v) is 11.1. The zero-order chi connectivity index (χ0) is 24.0. The number of aliphatic hydroxyl groups is 1. The quantitative estimate of drug-likeness (QED) is 0.508. The Balaban J connectivity index is 1.72. The van der Waals surface area contributed by atoms with Gasteiger partial charge in [0.2, 0.25) is 17.7 Å². The molecule has 1 spiro atoms. The second kappa shape index (κ2) is 9.17. The minimum absolute atomic E-state index is 0.0423. The van der Waals surface area contributed by atoms with Gasteiger partial charge in [0.15, 0.2) is 0 Å². The maximum atomic E-state index is 14.0. The van der Waals surface area contributed by atoms with Gasteiger partial charge in [0.1, 0.15) is 11.6 Å². The van der Waals surface area contributed by atoms with Crippen molar-refractivity contribution in [1.29, 1.82) is 0 Å². The number of nitrogens with zero attached hydrogens (tertiary/aromatic N) is 1. The zero-order valence-electron chi connectivity index (χ0n) is 20.6. The van der Waals surface area contributed by atoms with Crippen LogP contribution in [0.1, 0.15) is 79.1 Å².